The lowest BCUT2D eigenvalue weighted by atomic mass is 9.77. The number of nitrogens with one attached hydrogen (secondary N) is 1. The summed E-state index contributed by atoms with van der Waals surface area (Å²) in [6.07, 6.45) is 11.3. The molecule has 2 saturated carbocycles. The third kappa shape index (κ3) is 2.72. The number of amides is 2. The van der Waals surface area contributed by atoms with Gasteiger partial charge in [0, 0.05) is 6.04 Å². The van der Waals surface area contributed by atoms with E-state index in [-0.39, 0.29) is 29.8 Å². The average molecular weight is 364 g/mol. The lowest BCUT2D eigenvalue weighted by molar-refractivity contribution is -0.166. The molecule has 0 radical (unpaired) electrons. The van der Waals surface area contributed by atoms with Crippen LogP contribution in [0.4, 0.5) is 0 Å². The molecule has 1 aromatic carbocycles. The highest BCUT2D eigenvalue weighted by atomic mass is 16.2. The third-order valence-electron chi connectivity index (χ3n) is 7.15. The first-order valence-electron chi connectivity index (χ1n) is 10.5. The van der Waals surface area contributed by atoms with Crippen molar-refractivity contribution in [3.63, 3.8) is 0 Å². The summed E-state index contributed by atoms with van der Waals surface area (Å²) < 4.78 is 0. The molecule has 4 aliphatic rings. The highest BCUT2D eigenvalue weighted by Crippen LogP contribution is 2.55. The number of hydrogen-bond donors (Lipinski definition) is 1. The fourth-order valence-electron chi connectivity index (χ4n) is 5.75. The van der Waals surface area contributed by atoms with Crippen molar-refractivity contribution in [2.45, 2.75) is 63.6 Å². The maximum atomic E-state index is 13.3. The van der Waals surface area contributed by atoms with Crippen molar-refractivity contribution in [1.29, 1.82) is 0 Å². The molecular formula is C23H28N2O2. The van der Waals surface area contributed by atoms with E-state index in [1.165, 1.54) is 24.8 Å². The summed E-state index contributed by atoms with van der Waals surface area (Å²) in [5.74, 6) is 1.10. The SMILES string of the molecule is Cc1ccc(C(C(=O)NC2CCCCC2)N2C(=O)[C@H]3[C@@H]2[C@@H]2C=C[C@H]3C2)cc1. The molecule has 1 N–H and O–H groups in total. The summed E-state index contributed by atoms with van der Waals surface area (Å²) in [5, 5.41) is 3.27. The number of carbonyl (C=O) groups is 2. The molecule has 1 heterocycles. The number of fused-ring (bicyclic) bond motifs is 5. The Balaban J connectivity index is 1.43. The third-order valence-corrected chi connectivity index (χ3v) is 7.15. The van der Waals surface area contributed by atoms with Crippen LogP contribution in [0.1, 0.15) is 55.7 Å². The maximum Gasteiger partial charge on any atom is 0.247 e. The number of likely N-dealkylation sites (tertiary alicyclic amines) is 1. The Kier molecular flexibility index (Phi) is 4.10. The first kappa shape index (κ1) is 17.0. The lowest BCUT2D eigenvalue weighted by Crippen LogP contribution is -2.65. The van der Waals surface area contributed by atoms with Gasteiger partial charge in [-0.25, -0.2) is 0 Å². The molecule has 3 fully saturated rings. The van der Waals surface area contributed by atoms with Crippen molar-refractivity contribution in [3.8, 4) is 0 Å². The van der Waals surface area contributed by atoms with Gasteiger partial charge in [0.05, 0.1) is 12.0 Å². The molecule has 2 bridgehead atoms. The molecule has 0 spiro atoms. The van der Waals surface area contributed by atoms with Crippen molar-refractivity contribution >= 4 is 11.8 Å². The molecule has 1 aliphatic heterocycles. The van der Waals surface area contributed by atoms with Crippen LogP contribution in [0.2, 0.25) is 0 Å². The lowest BCUT2D eigenvalue weighted by Gasteiger charge is -2.51. The minimum Gasteiger partial charge on any atom is -0.351 e. The molecule has 142 valence electrons. The first-order valence-corrected chi connectivity index (χ1v) is 10.5. The van der Waals surface area contributed by atoms with Crippen molar-refractivity contribution < 1.29 is 9.59 Å². The summed E-state index contributed by atoms with van der Waals surface area (Å²) in [6.45, 7) is 2.05. The van der Waals surface area contributed by atoms with E-state index < -0.39 is 6.04 Å². The topological polar surface area (TPSA) is 49.4 Å². The van der Waals surface area contributed by atoms with E-state index in [1.807, 2.05) is 36.1 Å². The van der Waals surface area contributed by atoms with Crippen LogP contribution >= 0.6 is 0 Å². The second kappa shape index (κ2) is 6.50. The van der Waals surface area contributed by atoms with E-state index in [2.05, 4.69) is 17.5 Å². The fraction of sp³-hybridized carbons (Fsp3) is 0.565. The standard InChI is InChI=1S/C23H28N2O2/c1-14-7-9-15(10-8-14)21(22(26)24-18-5-3-2-4-6-18)25-20-17-12-11-16(13-17)19(20)23(25)27/h7-12,16-21H,2-6,13H2,1H3,(H,24,26)/t16-,17+,19+,20-,21?/m0/s1. The van der Waals surface area contributed by atoms with Crippen molar-refractivity contribution in [2.24, 2.45) is 17.8 Å². The minimum atomic E-state index is -0.492. The van der Waals surface area contributed by atoms with Gasteiger partial charge in [0.1, 0.15) is 6.04 Å². The summed E-state index contributed by atoms with van der Waals surface area (Å²) >= 11 is 0. The Bertz CT molecular complexity index is 778. The van der Waals surface area contributed by atoms with E-state index in [9.17, 15) is 9.59 Å². The van der Waals surface area contributed by atoms with E-state index in [0.717, 1.165) is 24.8 Å². The van der Waals surface area contributed by atoms with E-state index in [1.54, 1.807) is 0 Å². The van der Waals surface area contributed by atoms with Crippen LogP contribution in [0, 0.1) is 24.7 Å². The fourth-order valence-corrected chi connectivity index (χ4v) is 5.75. The summed E-state index contributed by atoms with van der Waals surface area (Å²) in [5.41, 5.74) is 2.10. The molecule has 2 amide bonds. The number of carbonyl (C=O) groups excluding carboxylic acids is 2. The van der Waals surface area contributed by atoms with Crippen molar-refractivity contribution in [2.75, 3.05) is 0 Å². The summed E-state index contributed by atoms with van der Waals surface area (Å²) in [6, 6.07) is 8.09. The zero-order valence-corrected chi connectivity index (χ0v) is 15.9. The minimum absolute atomic E-state index is 0.00399. The molecule has 5 rings (SSSR count). The highest BCUT2D eigenvalue weighted by molar-refractivity contribution is 5.94. The number of β-lactam (4-membered cyclic amide) rings is 1. The number of aryl methyl sites for hydroxylation is 1. The molecular weight excluding hydrogens is 336 g/mol. The van der Waals surface area contributed by atoms with Crippen LogP contribution in [-0.2, 0) is 9.59 Å². The van der Waals surface area contributed by atoms with Crippen LogP contribution < -0.4 is 5.32 Å². The Morgan fingerprint density at radius 2 is 1.78 bits per heavy atom. The molecule has 27 heavy (non-hydrogen) atoms. The van der Waals surface area contributed by atoms with Gasteiger partial charge in [-0.2, -0.15) is 0 Å². The molecule has 1 aromatic rings. The second-order valence-corrected chi connectivity index (χ2v) is 8.87. The number of hydrogen-bond acceptors (Lipinski definition) is 2. The van der Waals surface area contributed by atoms with Crippen LogP contribution in [0.3, 0.4) is 0 Å². The van der Waals surface area contributed by atoms with Crippen molar-refractivity contribution in [1.82, 2.24) is 10.2 Å². The number of nitrogens with zero attached hydrogens (tertiary/aromatic N) is 1. The highest BCUT2D eigenvalue weighted by Gasteiger charge is 2.62. The van der Waals surface area contributed by atoms with Gasteiger partial charge < -0.3 is 10.2 Å². The molecule has 4 heteroatoms. The van der Waals surface area contributed by atoms with Crippen LogP contribution in [-0.4, -0.2) is 28.8 Å². The zero-order chi connectivity index (χ0) is 18.5. The van der Waals surface area contributed by atoms with Gasteiger partial charge >= 0.3 is 0 Å². The Labute approximate surface area is 161 Å². The van der Waals surface area contributed by atoms with Gasteiger partial charge in [-0.1, -0.05) is 61.2 Å². The summed E-state index contributed by atoms with van der Waals surface area (Å²) in [4.78, 5) is 28.3. The smallest absolute Gasteiger partial charge is 0.247 e. The van der Waals surface area contributed by atoms with E-state index >= 15 is 0 Å². The quantitative estimate of drug-likeness (QED) is 0.656. The number of rotatable bonds is 4. The van der Waals surface area contributed by atoms with Gasteiger partial charge in [0.25, 0.3) is 0 Å². The average Bonchev–Trinajstić information content (AvgIpc) is 3.26. The predicted octanol–water partition coefficient (Wildman–Crippen LogP) is 3.52. The van der Waals surface area contributed by atoms with Crippen molar-refractivity contribution in [3.05, 3.63) is 47.5 Å². The second-order valence-electron chi connectivity index (χ2n) is 8.87. The monoisotopic (exact) mass is 364 g/mol. The molecule has 1 unspecified atom stereocenters. The van der Waals surface area contributed by atoms with E-state index in [0.29, 0.717) is 11.8 Å². The van der Waals surface area contributed by atoms with Crippen LogP contribution in [0.15, 0.2) is 36.4 Å². The van der Waals surface area contributed by atoms with E-state index in [4.69, 9.17) is 0 Å². The molecule has 1 saturated heterocycles. The van der Waals surface area contributed by atoms with Gasteiger partial charge in [0.2, 0.25) is 11.8 Å². The zero-order valence-electron chi connectivity index (χ0n) is 15.9. The van der Waals surface area contributed by atoms with Gasteiger partial charge in [-0.05, 0) is 43.6 Å². The molecule has 3 aliphatic carbocycles. The molecule has 0 aromatic heterocycles. The van der Waals surface area contributed by atoms with Gasteiger partial charge in [0.15, 0.2) is 0 Å². The van der Waals surface area contributed by atoms with Gasteiger partial charge in [-0.3, -0.25) is 9.59 Å². The molecule has 4 nitrogen and oxygen atoms in total. The Morgan fingerprint density at radius 1 is 1.07 bits per heavy atom. The normalized spacial score (nSPS) is 32.9. The largest absolute Gasteiger partial charge is 0.351 e. The van der Waals surface area contributed by atoms with Crippen LogP contribution in [0.5, 0.6) is 0 Å². The number of allylic oxidation sites excluding steroid dienone is 1. The molecule has 5 atom stereocenters. The first-order chi connectivity index (χ1) is 13.1. The van der Waals surface area contributed by atoms with Gasteiger partial charge in [-0.15, -0.1) is 0 Å². The summed E-state index contributed by atoms with van der Waals surface area (Å²) in [7, 11) is 0. The Morgan fingerprint density at radius 3 is 2.52 bits per heavy atom. The van der Waals surface area contributed by atoms with Crippen LogP contribution in [0.25, 0.3) is 0 Å². The maximum absolute atomic E-state index is 13.3. The Hall–Kier alpha value is -2.10. The number of benzene rings is 1. The predicted molar refractivity (Wildman–Crippen MR) is 104 cm³/mol.